The third-order valence-corrected chi connectivity index (χ3v) is 4.16. The SMILES string of the molecule is C=C(C)C(=Nc1ccnn1C)C(=C(C)N)C(C)c1ccc(Cl)cc1. The first-order chi connectivity index (χ1) is 11.3. The molecule has 0 aliphatic carbocycles. The first-order valence-corrected chi connectivity index (χ1v) is 8.13. The molecule has 0 fully saturated rings. The van der Waals surface area contributed by atoms with Crippen LogP contribution >= 0.6 is 11.6 Å². The molecule has 1 aromatic carbocycles. The van der Waals surface area contributed by atoms with Crippen LogP contribution in [0.3, 0.4) is 0 Å². The lowest BCUT2D eigenvalue weighted by atomic mass is 9.86. The maximum Gasteiger partial charge on any atom is 0.150 e. The van der Waals surface area contributed by atoms with Crippen LogP contribution in [-0.4, -0.2) is 15.5 Å². The summed E-state index contributed by atoms with van der Waals surface area (Å²) in [7, 11) is 1.86. The van der Waals surface area contributed by atoms with Crippen molar-refractivity contribution in [1.82, 2.24) is 9.78 Å². The number of halogens is 1. The lowest BCUT2D eigenvalue weighted by molar-refractivity contribution is 0.770. The molecule has 0 radical (unpaired) electrons. The van der Waals surface area contributed by atoms with Crippen LogP contribution < -0.4 is 5.73 Å². The number of aromatic nitrogens is 2. The normalized spacial score (nSPS) is 14.3. The van der Waals surface area contributed by atoms with Gasteiger partial charge in [-0.05, 0) is 37.1 Å². The van der Waals surface area contributed by atoms with E-state index in [1.54, 1.807) is 10.9 Å². The Kier molecular flexibility index (Phi) is 5.62. The molecule has 4 nitrogen and oxygen atoms in total. The second-order valence-corrected chi connectivity index (χ2v) is 6.36. The molecule has 0 spiro atoms. The molecule has 1 aromatic heterocycles. The van der Waals surface area contributed by atoms with Crippen molar-refractivity contribution in [3.8, 4) is 0 Å². The average Bonchev–Trinajstić information content (AvgIpc) is 2.91. The molecule has 1 heterocycles. The number of aryl methyl sites for hydroxylation is 1. The number of nitrogens with zero attached hydrogens (tertiary/aromatic N) is 3. The summed E-state index contributed by atoms with van der Waals surface area (Å²) in [5.74, 6) is 0.825. The molecule has 24 heavy (non-hydrogen) atoms. The third-order valence-electron chi connectivity index (χ3n) is 3.91. The van der Waals surface area contributed by atoms with Crippen molar-refractivity contribution in [1.29, 1.82) is 0 Å². The Morgan fingerprint density at radius 1 is 1.25 bits per heavy atom. The molecule has 126 valence electrons. The van der Waals surface area contributed by atoms with E-state index in [0.717, 1.165) is 33.9 Å². The number of nitrogens with two attached hydrogens (primary N) is 1. The summed E-state index contributed by atoms with van der Waals surface area (Å²) in [6.07, 6.45) is 1.72. The van der Waals surface area contributed by atoms with Crippen LogP contribution in [0.25, 0.3) is 0 Å². The number of benzene rings is 1. The molecule has 2 N–H and O–H groups in total. The van der Waals surface area contributed by atoms with Crippen LogP contribution in [0.1, 0.15) is 32.3 Å². The molecule has 1 atom stereocenters. The van der Waals surface area contributed by atoms with Crippen LogP contribution in [0.4, 0.5) is 5.82 Å². The fraction of sp³-hybridized carbons (Fsp3) is 0.263. The van der Waals surface area contributed by atoms with Gasteiger partial charge in [0.05, 0.1) is 11.9 Å². The second kappa shape index (κ2) is 7.49. The minimum absolute atomic E-state index is 0.0657. The first kappa shape index (κ1) is 18.0. The zero-order valence-electron chi connectivity index (χ0n) is 14.5. The quantitative estimate of drug-likeness (QED) is 0.796. The van der Waals surface area contributed by atoms with Crippen LogP contribution in [0.15, 0.2) is 64.9 Å². The minimum atomic E-state index is 0.0657. The number of hydrogen-bond acceptors (Lipinski definition) is 3. The van der Waals surface area contributed by atoms with E-state index in [4.69, 9.17) is 22.3 Å². The van der Waals surface area contributed by atoms with Crippen LogP contribution in [0.5, 0.6) is 0 Å². The fourth-order valence-electron chi connectivity index (χ4n) is 2.63. The largest absolute Gasteiger partial charge is 0.402 e. The molecule has 0 saturated carbocycles. The van der Waals surface area contributed by atoms with Gasteiger partial charge in [-0.1, -0.05) is 37.2 Å². The van der Waals surface area contributed by atoms with Gasteiger partial charge < -0.3 is 5.73 Å². The van der Waals surface area contributed by atoms with Crippen molar-refractivity contribution in [2.45, 2.75) is 26.7 Å². The van der Waals surface area contributed by atoms with E-state index in [9.17, 15) is 0 Å². The smallest absolute Gasteiger partial charge is 0.150 e. The van der Waals surface area contributed by atoms with E-state index >= 15 is 0 Å². The number of hydrogen-bond donors (Lipinski definition) is 1. The number of aliphatic imine (C=N–C) groups is 1. The predicted octanol–water partition coefficient (Wildman–Crippen LogP) is 4.76. The summed E-state index contributed by atoms with van der Waals surface area (Å²) in [5.41, 5.74) is 10.7. The van der Waals surface area contributed by atoms with Gasteiger partial charge in [-0.15, -0.1) is 0 Å². The lowest BCUT2D eigenvalue weighted by Gasteiger charge is -2.21. The van der Waals surface area contributed by atoms with E-state index in [-0.39, 0.29) is 5.92 Å². The molecule has 0 aliphatic rings. The van der Waals surface area contributed by atoms with Crippen molar-refractivity contribution in [2.24, 2.45) is 17.8 Å². The van der Waals surface area contributed by atoms with E-state index in [1.165, 1.54) is 0 Å². The van der Waals surface area contributed by atoms with Gasteiger partial charge in [-0.25, -0.2) is 4.99 Å². The molecule has 5 heteroatoms. The highest BCUT2D eigenvalue weighted by molar-refractivity contribution is 6.30. The highest BCUT2D eigenvalue weighted by atomic mass is 35.5. The Morgan fingerprint density at radius 2 is 1.88 bits per heavy atom. The van der Waals surface area contributed by atoms with Crippen LogP contribution in [0.2, 0.25) is 5.02 Å². The van der Waals surface area contributed by atoms with Gasteiger partial charge in [0.15, 0.2) is 5.82 Å². The van der Waals surface area contributed by atoms with Gasteiger partial charge >= 0.3 is 0 Å². The predicted molar refractivity (Wildman–Crippen MR) is 102 cm³/mol. The Hall–Kier alpha value is -2.33. The topological polar surface area (TPSA) is 56.2 Å². The third kappa shape index (κ3) is 3.95. The Balaban J connectivity index is 2.53. The zero-order valence-corrected chi connectivity index (χ0v) is 15.3. The van der Waals surface area contributed by atoms with Gasteiger partial charge in [0.25, 0.3) is 0 Å². The van der Waals surface area contributed by atoms with Crippen molar-refractivity contribution in [3.05, 3.63) is 70.5 Å². The summed E-state index contributed by atoms with van der Waals surface area (Å²) < 4.78 is 1.72. The highest BCUT2D eigenvalue weighted by Gasteiger charge is 2.20. The zero-order chi connectivity index (χ0) is 17.9. The highest BCUT2D eigenvalue weighted by Crippen LogP contribution is 2.30. The van der Waals surface area contributed by atoms with Gasteiger partial charge in [-0.3, -0.25) is 4.68 Å². The molecule has 2 aromatic rings. The van der Waals surface area contributed by atoms with Gasteiger partial charge in [0.2, 0.25) is 0 Å². The van der Waals surface area contributed by atoms with E-state index in [2.05, 4.69) is 18.6 Å². The van der Waals surface area contributed by atoms with Gasteiger partial charge in [-0.2, -0.15) is 5.10 Å². The van der Waals surface area contributed by atoms with Gasteiger partial charge in [0.1, 0.15) is 0 Å². The Labute approximate surface area is 148 Å². The first-order valence-electron chi connectivity index (χ1n) is 7.76. The fourth-order valence-corrected chi connectivity index (χ4v) is 2.75. The molecule has 2 rings (SSSR count). The maximum atomic E-state index is 6.22. The Bertz CT molecular complexity index is 793. The van der Waals surface area contributed by atoms with E-state index in [0.29, 0.717) is 5.02 Å². The summed E-state index contributed by atoms with van der Waals surface area (Å²) in [6.45, 7) is 10.0. The molecule has 0 amide bonds. The minimum Gasteiger partial charge on any atom is -0.402 e. The molecule has 0 aliphatic heterocycles. The molecular weight excluding hydrogens is 320 g/mol. The molecule has 1 unspecified atom stereocenters. The average molecular weight is 343 g/mol. The Morgan fingerprint density at radius 3 is 2.33 bits per heavy atom. The standard InChI is InChI=1S/C19H23ClN4/c1-12(2)19(23-17-10-11-22-24(17)5)18(14(4)21)13(3)15-6-8-16(20)9-7-15/h6-11,13H,1,21H2,2-5H3. The van der Waals surface area contributed by atoms with Crippen molar-refractivity contribution in [3.63, 3.8) is 0 Å². The summed E-state index contributed by atoms with van der Waals surface area (Å²) in [4.78, 5) is 4.76. The monoisotopic (exact) mass is 342 g/mol. The van der Waals surface area contributed by atoms with E-state index < -0.39 is 0 Å². The summed E-state index contributed by atoms with van der Waals surface area (Å²) in [6, 6.07) is 9.65. The summed E-state index contributed by atoms with van der Waals surface area (Å²) in [5, 5.41) is 4.88. The van der Waals surface area contributed by atoms with Crippen molar-refractivity contribution >= 4 is 23.1 Å². The number of rotatable bonds is 5. The lowest BCUT2D eigenvalue weighted by Crippen LogP contribution is -2.16. The second-order valence-electron chi connectivity index (χ2n) is 5.92. The number of allylic oxidation sites excluding steroid dienone is 3. The van der Waals surface area contributed by atoms with Crippen LogP contribution in [0, 0.1) is 0 Å². The van der Waals surface area contributed by atoms with E-state index in [1.807, 2.05) is 51.2 Å². The molecule has 0 bridgehead atoms. The molecule has 0 saturated heterocycles. The van der Waals surface area contributed by atoms with Gasteiger partial charge in [0, 0.05) is 35.3 Å². The molecular formula is C19H23ClN4. The maximum absolute atomic E-state index is 6.22. The van der Waals surface area contributed by atoms with Crippen molar-refractivity contribution < 1.29 is 0 Å². The van der Waals surface area contributed by atoms with Crippen LogP contribution in [-0.2, 0) is 7.05 Å². The van der Waals surface area contributed by atoms with Crippen molar-refractivity contribution in [2.75, 3.05) is 0 Å². The summed E-state index contributed by atoms with van der Waals surface area (Å²) >= 11 is 6.00.